The van der Waals surface area contributed by atoms with Gasteiger partial charge in [-0.2, -0.15) is 0 Å². The van der Waals surface area contributed by atoms with Gasteiger partial charge in [0.1, 0.15) is 12.4 Å². The molecule has 3 nitrogen and oxygen atoms in total. The van der Waals surface area contributed by atoms with Crippen molar-refractivity contribution in [3.8, 4) is 5.75 Å². The van der Waals surface area contributed by atoms with Crippen molar-refractivity contribution >= 4 is 34.3 Å². The average Bonchev–Trinajstić information content (AvgIpc) is 2.78. The van der Waals surface area contributed by atoms with Gasteiger partial charge >= 0.3 is 0 Å². The van der Waals surface area contributed by atoms with Crippen LogP contribution >= 0.6 is 23.4 Å². The molecular formula is C25H22ClNO2S. The van der Waals surface area contributed by atoms with Crippen LogP contribution in [0.5, 0.6) is 5.75 Å². The lowest BCUT2D eigenvalue weighted by Gasteiger charge is -2.13. The maximum atomic E-state index is 10.2. The van der Waals surface area contributed by atoms with Crippen molar-refractivity contribution in [2.45, 2.75) is 28.7 Å². The summed E-state index contributed by atoms with van der Waals surface area (Å²) in [4.78, 5) is 6.62. The molecule has 1 unspecified atom stereocenters. The van der Waals surface area contributed by atoms with Crippen LogP contribution in [0.1, 0.15) is 12.0 Å². The van der Waals surface area contributed by atoms with Crippen LogP contribution in [0.25, 0.3) is 10.9 Å². The summed E-state index contributed by atoms with van der Waals surface area (Å²) in [7, 11) is 0. The van der Waals surface area contributed by atoms with Crippen molar-refractivity contribution in [2.75, 3.05) is 6.61 Å². The van der Waals surface area contributed by atoms with E-state index >= 15 is 0 Å². The number of halogens is 1. The van der Waals surface area contributed by atoms with E-state index in [4.69, 9.17) is 16.3 Å². The normalized spacial score (nSPS) is 12.1. The van der Waals surface area contributed by atoms with E-state index in [0.29, 0.717) is 11.4 Å². The van der Waals surface area contributed by atoms with E-state index in [9.17, 15) is 5.11 Å². The van der Waals surface area contributed by atoms with Crippen LogP contribution in [-0.4, -0.2) is 22.8 Å². The molecule has 5 heteroatoms. The lowest BCUT2D eigenvalue weighted by Crippen LogP contribution is -2.18. The molecule has 3 aromatic carbocycles. The van der Waals surface area contributed by atoms with Crippen molar-refractivity contribution in [1.82, 2.24) is 4.98 Å². The van der Waals surface area contributed by atoms with Crippen molar-refractivity contribution in [2.24, 2.45) is 0 Å². The smallest absolute Gasteiger partial charge is 0.119 e. The minimum absolute atomic E-state index is 0.287. The average molecular weight is 436 g/mol. The Morgan fingerprint density at radius 2 is 1.77 bits per heavy atom. The minimum atomic E-state index is -0.491. The molecule has 0 aliphatic heterocycles. The highest BCUT2D eigenvalue weighted by molar-refractivity contribution is 7.99. The zero-order chi connectivity index (χ0) is 20.8. The molecule has 1 heterocycles. The summed E-state index contributed by atoms with van der Waals surface area (Å²) in [5.74, 6) is 0.754. The molecule has 30 heavy (non-hydrogen) atoms. The number of hydrogen-bond acceptors (Lipinski definition) is 4. The number of nitrogens with zero attached hydrogens (tertiary/aromatic N) is 1. The van der Waals surface area contributed by atoms with Crippen LogP contribution in [0.4, 0.5) is 0 Å². The quantitative estimate of drug-likeness (QED) is 0.347. The fourth-order valence-corrected chi connectivity index (χ4v) is 4.27. The fraction of sp³-hybridized carbons (Fsp3) is 0.160. The molecule has 0 aliphatic carbocycles. The third-order valence-electron chi connectivity index (χ3n) is 4.77. The van der Waals surface area contributed by atoms with Gasteiger partial charge < -0.3 is 9.84 Å². The first-order valence-electron chi connectivity index (χ1n) is 9.84. The number of benzene rings is 3. The number of aryl methyl sites for hydroxylation is 1. The molecule has 0 aliphatic rings. The standard InChI is InChI=1S/C25H22ClNO2S/c26-19-7-13-23-24(16-19)27-15-14-25(23)30-22-11-9-21(10-12-22)29-17-20(28)8-6-18-4-2-1-3-5-18/h1-5,7,9-16,20,28H,6,8,17H2. The third-order valence-corrected chi connectivity index (χ3v) is 6.09. The fourth-order valence-electron chi connectivity index (χ4n) is 3.17. The number of hydrogen-bond donors (Lipinski definition) is 1. The molecule has 0 saturated carbocycles. The van der Waals surface area contributed by atoms with Gasteiger partial charge in [-0.05, 0) is 60.9 Å². The molecular weight excluding hydrogens is 414 g/mol. The van der Waals surface area contributed by atoms with E-state index in [0.717, 1.165) is 32.9 Å². The van der Waals surface area contributed by atoms with Gasteiger partial charge in [0.25, 0.3) is 0 Å². The molecule has 152 valence electrons. The zero-order valence-corrected chi connectivity index (χ0v) is 17.9. The summed E-state index contributed by atoms with van der Waals surface area (Å²) in [6, 6.07) is 25.9. The van der Waals surface area contributed by atoms with Crippen LogP contribution in [0.2, 0.25) is 5.02 Å². The Balaban J connectivity index is 1.32. The number of pyridine rings is 1. The van der Waals surface area contributed by atoms with E-state index in [-0.39, 0.29) is 6.61 Å². The van der Waals surface area contributed by atoms with Crippen LogP contribution in [0.15, 0.2) is 94.9 Å². The molecule has 0 radical (unpaired) electrons. The van der Waals surface area contributed by atoms with Gasteiger partial charge in [0, 0.05) is 26.4 Å². The Morgan fingerprint density at radius 1 is 0.967 bits per heavy atom. The Kier molecular flexibility index (Phi) is 6.90. The first-order chi connectivity index (χ1) is 14.7. The second kappa shape index (κ2) is 9.98. The van der Waals surface area contributed by atoms with E-state index in [1.807, 2.05) is 66.7 Å². The van der Waals surface area contributed by atoms with E-state index < -0.39 is 6.10 Å². The maximum absolute atomic E-state index is 10.2. The highest BCUT2D eigenvalue weighted by Gasteiger charge is 2.08. The molecule has 4 rings (SSSR count). The van der Waals surface area contributed by atoms with Gasteiger partial charge in [-0.1, -0.05) is 59.8 Å². The summed E-state index contributed by atoms with van der Waals surface area (Å²) >= 11 is 7.75. The highest BCUT2D eigenvalue weighted by atomic mass is 35.5. The summed E-state index contributed by atoms with van der Waals surface area (Å²) in [5.41, 5.74) is 2.11. The van der Waals surface area contributed by atoms with Crippen LogP contribution < -0.4 is 4.74 Å². The predicted octanol–water partition coefficient (Wildman–Crippen LogP) is 6.41. The van der Waals surface area contributed by atoms with Crippen molar-refractivity contribution in [3.05, 3.63) is 95.6 Å². The Morgan fingerprint density at radius 3 is 2.57 bits per heavy atom. The van der Waals surface area contributed by atoms with Crippen molar-refractivity contribution in [1.29, 1.82) is 0 Å². The largest absolute Gasteiger partial charge is 0.491 e. The molecule has 1 atom stereocenters. The van der Waals surface area contributed by atoms with Crippen molar-refractivity contribution in [3.63, 3.8) is 0 Å². The second-order valence-corrected chi connectivity index (χ2v) is 8.58. The zero-order valence-electron chi connectivity index (χ0n) is 16.4. The molecule has 1 aromatic heterocycles. The Labute approximate surface area is 185 Å². The molecule has 0 amide bonds. The first-order valence-corrected chi connectivity index (χ1v) is 11.0. The first kappa shape index (κ1) is 20.7. The second-order valence-electron chi connectivity index (χ2n) is 7.03. The number of aliphatic hydroxyl groups is 1. The number of aliphatic hydroxyl groups excluding tert-OH is 1. The van der Waals surface area contributed by atoms with Gasteiger partial charge in [-0.15, -0.1) is 0 Å². The monoisotopic (exact) mass is 435 g/mol. The minimum Gasteiger partial charge on any atom is -0.491 e. The number of aromatic nitrogens is 1. The van der Waals surface area contributed by atoms with E-state index in [2.05, 4.69) is 17.1 Å². The third kappa shape index (κ3) is 5.54. The lowest BCUT2D eigenvalue weighted by molar-refractivity contribution is 0.100. The van der Waals surface area contributed by atoms with Crippen LogP contribution in [-0.2, 0) is 6.42 Å². The van der Waals surface area contributed by atoms with Gasteiger partial charge in [0.15, 0.2) is 0 Å². The van der Waals surface area contributed by atoms with Crippen LogP contribution in [0.3, 0.4) is 0 Å². The summed E-state index contributed by atoms with van der Waals surface area (Å²) in [6.07, 6.45) is 2.83. The summed E-state index contributed by atoms with van der Waals surface area (Å²) in [5, 5.41) is 12.0. The maximum Gasteiger partial charge on any atom is 0.119 e. The predicted molar refractivity (Wildman–Crippen MR) is 124 cm³/mol. The number of ether oxygens (including phenoxy) is 1. The number of fused-ring (bicyclic) bond motifs is 1. The topological polar surface area (TPSA) is 42.4 Å². The summed E-state index contributed by atoms with van der Waals surface area (Å²) < 4.78 is 5.76. The van der Waals surface area contributed by atoms with Crippen molar-refractivity contribution < 1.29 is 9.84 Å². The SMILES string of the molecule is OC(CCc1ccccc1)COc1ccc(Sc2ccnc3cc(Cl)ccc23)cc1. The van der Waals surface area contributed by atoms with Gasteiger partial charge in [0.2, 0.25) is 0 Å². The van der Waals surface area contributed by atoms with Gasteiger partial charge in [-0.25, -0.2) is 0 Å². The molecule has 0 spiro atoms. The molecule has 1 N–H and O–H groups in total. The molecule has 0 saturated heterocycles. The number of rotatable bonds is 8. The van der Waals surface area contributed by atoms with Gasteiger partial charge in [0.05, 0.1) is 11.6 Å². The molecule has 0 fully saturated rings. The Hall–Kier alpha value is -2.53. The van der Waals surface area contributed by atoms with E-state index in [1.165, 1.54) is 5.56 Å². The highest BCUT2D eigenvalue weighted by Crippen LogP contribution is 2.34. The molecule has 4 aromatic rings. The lowest BCUT2D eigenvalue weighted by atomic mass is 10.1. The van der Waals surface area contributed by atoms with Crippen LogP contribution in [0, 0.1) is 0 Å². The summed E-state index contributed by atoms with van der Waals surface area (Å²) in [6.45, 7) is 0.287. The van der Waals surface area contributed by atoms with E-state index in [1.54, 1.807) is 18.0 Å². The molecule has 0 bridgehead atoms. The Bertz CT molecular complexity index is 1100. The van der Waals surface area contributed by atoms with Gasteiger partial charge in [-0.3, -0.25) is 4.98 Å².